The van der Waals surface area contributed by atoms with Crippen LogP contribution in [0.3, 0.4) is 0 Å². The zero-order valence-corrected chi connectivity index (χ0v) is 12.3. The van der Waals surface area contributed by atoms with E-state index >= 15 is 0 Å². The van der Waals surface area contributed by atoms with Gasteiger partial charge in [0.05, 0.1) is 11.3 Å². The van der Waals surface area contributed by atoms with E-state index < -0.39 is 17.5 Å². The minimum atomic E-state index is -0.688. The summed E-state index contributed by atoms with van der Waals surface area (Å²) in [5.41, 5.74) is 1.11. The van der Waals surface area contributed by atoms with E-state index in [0.29, 0.717) is 24.1 Å². The molecule has 112 valence electrons. The zero-order chi connectivity index (χ0) is 15.7. The van der Waals surface area contributed by atoms with Gasteiger partial charge in [-0.1, -0.05) is 0 Å². The van der Waals surface area contributed by atoms with Gasteiger partial charge in [-0.25, -0.2) is 4.39 Å². The smallest absolute Gasteiger partial charge is 0.299 e. The molecule has 6 heteroatoms. The molecule has 0 N–H and O–H groups in total. The molecule has 0 fully saturated rings. The lowest BCUT2D eigenvalue weighted by Gasteiger charge is -2.19. The van der Waals surface area contributed by atoms with Crippen LogP contribution in [-0.2, 0) is 9.59 Å². The van der Waals surface area contributed by atoms with Crippen LogP contribution in [0.5, 0.6) is 0 Å². The summed E-state index contributed by atoms with van der Waals surface area (Å²) >= 11 is 0. The Labute approximate surface area is 122 Å². The second-order valence-corrected chi connectivity index (χ2v) is 5.30. The molecule has 0 atom stereocenters. The minimum Gasteiger partial charge on any atom is -0.349 e. The maximum Gasteiger partial charge on any atom is 0.299 e. The summed E-state index contributed by atoms with van der Waals surface area (Å²) in [5, 5.41) is 0. The lowest BCUT2D eigenvalue weighted by atomic mass is 10.1. The topological polar surface area (TPSA) is 57.7 Å². The molecule has 0 bridgehead atoms. The van der Waals surface area contributed by atoms with Crippen LogP contribution in [0, 0.1) is 12.7 Å². The molecule has 1 aliphatic heterocycles. The number of carbonyl (C=O) groups excluding carboxylic acids is 3. The Morgan fingerprint density at radius 1 is 1.29 bits per heavy atom. The van der Waals surface area contributed by atoms with E-state index in [1.54, 1.807) is 21.0 Å². The highest BCUT2D eigenvalue weighted by Gasteiger charge is 2.37. The van der Waals surface area contributed by atoms with Crippen LogP contribution in [0.4, 0.5) is 10.1 Å². The van der Waals surface area contributed by atoms with Gasteiger partial charge in [-0.05, 0) is 31.0 Å². The van der Waals surface area contributed by atoms with Crippen molar-refractivity contribution in [2.75, 3.05) is 25.5 Å². The number of hydrogen-bond donors (Lipinski definition) is 0. The maximum atomic E-state index is 13.4. The number of carbonyl (C=O) groups is 3. The lowest BCUT2D eigenvalue weighted by Crippen LogP contribution is -2.32. The van der Waals surface area contributed by atoms with E-state index in [1.807, 2.05) is 0 Å². The van der Waals surface area contributed by atoms with Gasteiger partial charge in [-0.15, -0.1) is 0 Å². The molecule has 1 aromatic rings. The second-order valence-electron chi connectivity index (χ2n) is 5.30. The van der Waals surface area contributed by atoms with E-state index in [0.717, 1.165) is 6.07 Å². The first kappa shape index (κ1) is 15.2. The number of ketones is 1. The van der Waals surface area contributed by atoms with Gasteiger partial charge in [-0.2, -0.15) is 0 Å². The van der Waals surface area contributed by atoms with Gasteiger partial charge >= 0.3 is 0 Å². The Kier molecular flexibility index (Phi) is 4.06. The van der Waals surface area contributed by atoms with Gasteiger partial charge in [0.2, 0.25) is 5.91 Å². The van der Waals surface area contributed by atoms with Crippen molar-refractivity contribution in [3.63, 3.8) is 0 Å². The zero-order valence-electron chi connectivity index (χ0n) is 12.3. The molecule has 0 aliphatic carbocycles. The standard InChI is InChI=1S/C15H17FN2O3/c1-9-7-10(16)8-11-13(9)18(15(21)14(11)20)6-4-5-12(19)17(2)3/h7-8H,4-6H2,1-3H3. The molecule has 0 saturated carbocycles. The first-order chi connectivity index (χ1) is 9.82. The van der Waals surface area contributed by atoms with E-state index in [2.05, 4.69) is 0 Å². The Hall–Kier alpha value is -2.24. The normalized spacial score (nSPS) is 13.6. The molecule has 1 heterocycles. The van der Waals surface area contributed by atoms with Crippen LogP contribution in [0.25, 0.3) is 0 Å². The van der Waals surface area contributed by atoms with Gasteiger partial charge in [0.1, 0.15) is 5.82 Å². The molecule has 0 unspecified atom stereocenters. The Bertz CT molecular complexity index is 626. The molecule has 1 aromatic carbocycles. The monoisotopic (exact) mass is 292 g/mol. The third-order valence-corrected chi connectivity index (χ3v) is 3.49. The Balaban J connectivity index is 2.18. The molecule has 0 aromatic heterocycles. The van der Waals surface area contributed by atoms with Crippen molar-refractivity contribution in [2.45, 2.75) is 19.8 Å². The highest BCUT2D eigenvalue weighted by Crippen LogP contribution is 2.33. The first-order valence-corrected chi connectivity index (χ1v) is 6.69. The number of benzene rings is 1. The van der Waals surface area contributed by atoms with Crippen LogP contribution >= 0.6 is 0 Å². The Morgan fingerprint density at radius 3 is 2.57 bits per heavy atom. The summed E-state index contributed by atoms with van der Waals surface area (Å²) in [4.78, 5) is 38.2. The lowest BCUT2D eigenvalue weighted by molar-refractivity contribution is -0.128. The summed E-state index contributed by atoms with van der Waals surface area (Å²) in [7, 11) is 3.32. The number of Topliss-reactive ketones (excluding diaryl/α,β-unsaturated/α-hetero) is 1. The number of nitrogens with zero attached hydrogens (tertiary/aromatic N) is 2. The molecule has 1 aliphatic rings. The molecule has 0 spiro atoms. The van der Waals surface area contributed by atoms with Crippen molar-refractivity contribution in [2.24, 2.45) is 0 Å². The number of anilines is 1. The van der Waals surface area contributed by atoms with E-state index in [9.17, 15) is 18.8 Å². The quantitative estimate of drug-likeness (QED) is 0.791. The average molecular weight is 292 g/mol. The number of hydrogen-bond acceptors (Lipinski definition) is 3. The van der Waals surface area contributed by atoms with Gasteiger partial charge in [0, 0.05) is 27.1 Å². The number of rotatable bonds is 4. The predicted molar refractivity (Wildman–Crippen MR) is 75.7 cm³/mol. The van der Waals surface area contributed by atoms with Crippen LogP contribution in [-0.4, -0.2) is 43.1 Å². The second kappa shape index (κ2) is 5.63. The van der Waals surface area contributed by atoms with Crippen molar-refractivity contribution in [1.29, 1.82) is 0 Å². The molecule has 21 heavy (non-hydrogen) atoms. The SMILES string of the molecule is Cc1cc(F)cc2c1N(CCCC(=O)N(C)C)C(=O)C2=O. The average Bonchev–Trinajstić information content (AvgIpc) is 2.64. The molecule has 2 amide bonds. The number of fused-ring (bicyclic) bond motifs is 1. The first-order valence-electron chi connectivity index (χ1n) is 6.69. The van der Waals surface area contributed by atoms with Gasteiger partial charge < -0.3 is 9.80 Å². The van der Waals surface area contributed by atoms with Crippen molar-refractivity contribution in [1.82, 2.24) is 4.90 Å². The summed E-state index contributed by atoms with van der Waals surface area (Å²) in [6, 6.07) is 2.39. The molecule has 5 nitrogen and oxygen atoms in total. The van der Waals surface area contributed by atoms with Crippen molar-refractivity contribution in [3.8, 4) is 0 Å². The van der Waals surface area contributed by atoms with Crippen LogP contribution in [0.15, 0.2) is 12.1 Å². The highest BCUT2D eigenvalue weighted by molar-refractivity contribution is 6.52. The van der Waals surface area contributed by atoms with Gasteiger partial charge in [-0.3, -0.25) is 14.4 Å². The minimum absolute atomic E-state index is 0.0379. The fourth-order valence-electron chi connectivity index (χ4n) is 2.43. The third kappa shape index (κ3) is 2.79. The molecule has 2 rings (SSSR count). The van der Waals surface area contributed by atoms with Crippen LogP contribution in [0.1, 0.15) is 28.8 Å². The van der Waals surface area contributed by atoms with Gasteiger partial charge in [0.25, 0.3) is 11.7 Å². The highest BCUT2D eigenvalue weighted by atomic mass is 19.1. The number of halogens is 1. The van der Waals surface area contributed by atoms with E-state index in [4.69, 9.17) is 0 Å². The Morgan fingerprint density at radius 2 is 1.95 bits per heavy atom. The number of aryl methyl sites for hydroxylation is 1. The largest absolute Gasteiger partial charge is 0.349 e. The van der Waals surface area contributed by atoms with Crippen LogP contribution in [0.2, 0.25) is 0 Å². The summed E-state index contributed by atoms with van der Waals surface area (Å²) < 4.78 is 13.4. The van der Waals surface area contributed by atoms with Crippen LogP contribution < -0.4 is 4.90 Å². The molecular formula is C15H17FN2O3. The van der Waals surface area contributed by atoms with Crippen molar-refractivity contribution >= 4 is 23.3 Å². The summed E-state index contributed by atoms with van der Waals surface area (Å²) in [6.45, 7) is 1.93. The molecule has 0 saturated heterocycles. The fourth-order valence-corrected chi connectivity index (χ4v) is 2.43. The van der Waals surface area contributed by atoms with Crippen molar-refractivity contribution < 1.29 is 18.8 Å². The third-order valence-electron chi connectivity index (χ3n) is 3.49. The van der Waals surface area contributed by atoms with E-state index in [-0.39, 0.29) is 18.0 Å². The molecule has 0 radical (unpaired) electrons. The molecular weight excluding hydrogens is 275 g/mol. The van der Waals surface area contributed by atoms with Gasteiger partial charge in [0.15, 0.2) is 0 Å². The predicted octanol–water partition coefficient (Wildman–Crippen LogP) is 1.53. The summed E-state index contributed by atoms with van der Waals surface area (Å²) in [5.74, 6) is -1.91. The number of amides is 2. The summed E-state index contributed by atoms with van der Waals surface area (Å²) in [6.07, 6.45) is 0.743. The van der Waals surface area contributed by atoms with E-state index in [1.165, 1.54) is 15.9 Å². The fraction of sp³-hybridized carbons (Fsp3) is 0.400. The maximum absolute atomic E-state index is 13.4. The van der Waals surface area contributed by atoms with Crippen molar-refractivity contribution in [3.05, 3.63) is 29.1 Å².